The molecule has 1 saturated heterocycles. The summed E-state index contributed by atoms with van der Waals surface area (Å²) in [4.78, 5) is 18.9. The first-order valence-corrected chi connectivity index (χ1v) is 6.48. The van der Waals surface area contributed by atoms with Crippen molar-refractivity contribution in [3.05, 3.63) is 17.8 Å². The molecule has 1 aliphatic heterocycles. The number of piperazine rings is 1. The van der Waals surface area contributed by atoms with Crippen LogP contribution in [0.4, 0.5) is 16.3 Å². The van der Waals surface area contributed by atoms with Crippen molar-refractivity contribution in [3.63, 3.8) is 0 Å². The molecule has 0 saturated carbocycles. The molecule has 0 spiro atoms. The van der Waals surface area contributed by atoms with Crippen LogP contribution < -0.4 is 10.6 Å². The van der Waals surface area contributed by atoms with Gasteiger partial charge in [-0.15, -0.1) is 0 Å². The number of pyridine rings is 1. The third kappa shape index (κ3) is 2.93. The summed E-state index contributed by atoms with van der Waals surface area (Å²) in [5.41, 5.74) is 7.69. The van der Waals surface area contributed by atoms with Crippen LogP contribution in [0.1, 0.15) is 5.56 Å². The van der Waals surface area contributed by atoms with E-state index in [-0.39, 0.29) is 6.04 Å². The minimum atomic E-state index is -0.904. The van der Waals surface area contributed by atoms with Gasteiger partial charge in [0.1, 0.15) is 5.82 Å². The molecular weight excluding hydrogens is 260 g/mol. The Morgan fingerprint density at radius 3 is 2.95 bits per heavy atom. The summed E-state index contributed by atoms with van der Waals surface area (Å²) in [6.07, 6.45) is 0.837. The highest BCUT2D eigenvalue weighted by molar-refractivity contribution is 5.66. The average molecular weight is 280 g/mol. The monoisotopic (exact) mass is 280 g/mol. The van der Waals surface area contributed by atoms with Gasteiger partial charge in [-0.2, -0.15) is 0 Å². The summed E-state index contributed by atoms with van der Waals surface area (Å²) in [5, 5.41) is 9.21. The van der Waals surface area contributed by atoms with Crippen molar-refractivity contribution in [2.45, 2.75) is 13.0 Å². The van der Waals surface area contributed by atoms with E-state index in [9.17, 15) is 9.90 Å². The van der Waals surface area contributed by atoms with E-state index in [4.69, 9.17) is 10.5 Å². The number of ether oxygens (including phenoxy) is 1. The molecule has 1 atom stereocenters. The Balaban J connectivity index is 2.17. The number of aromatic nitrogens is 1. The molecule has 1 fully saturated rings. The topological polar surface area (TPSA) is 91.9 Å². The summed E-state index contributed by atoms with van der Waals surface area (Å²) < 4.78 is 5.13. The molecule has 110 valence electrons. The largest absolute Gasteiger partial charge is 0.465 e. The van der Waals surface area contributed by atoms with Gasteiger partial charge in [0.25, 0.3) is 0 Å². The number of aryl methyl sites for hydroxylation is 1. The number of nitrogen functional groups attached to an aromatic ring is 1. The Bertz CT molecular complexity index is 495. The van der Waals surface area contributed by atoms with E-state index in [2.05, 4.69) is 9.88 Å². The van der Waals surface area contributed by atoms with Crippen LogP contribution in [-0.4, -0.2) is 60.5 Å². The Morgan fingerprint density at radius 1 is 1.60 bits per heavy atom. The molecule has 2 rings (SSSR count). The van der Waals surface area contributed by atoms with Gasteiger partial charge in [-0.1, -0.05) is 0 Å². The third-order valence-corrected chi connectivity index (χ3v) is 3.53. The van der Waals surface area contributed by atoms with E-state index in [1.165, 1.54) is 4.90 Å². The lowest BCUT2D eigenvalue weighted by molar-refractivity contribution is 0.0737. The SMILES string of the molecule is COC[C@H]1CN(c2cnc(N)cc2C)CCN1C(=O)O. The maximum atomic E-state index is 11.2. The van der Waals surface area contributed by atoms with E-state index in [0.717, 1.165) is 11.3 Å². The van der Waals surface area contributed by atoms with Crippen LogP contribution in [0.3, 0.4) is 0 Å². The zero-order chi connectivity index (χ0) is 14.7. The molecule has 7 nitrogen and oxygen atoms in total. The summed E-state index contributed by atoms with van der Waals surface area (Å²) >= 11 is 0. The fourth-order valence-electron chi connectivity index (χ4n) is 2.56. The molecule has 1 aromatic rings. The molecule has 1 aliphatic rings. The normalized spacial score (nSPS) is 19.2. The highest BCUT2D eigenvalue weighted by Crippen LogP contribution is 2.23. The number of methoxy groups -OCH3 is 1. The first-order chi connectivity index (χ1) is 9.52. The number of anilines is 2. The van der Waals surface area contributed by atoms with Crippen molar-refractivity contribution in [1.82, 2.24) is 9.88 Å². The minimum absolute atomic E-state index is 0.178. The Morgan fingerprint density at radius 2 is 2.35 bits per heavy atom. The van der Waals surface area contributed by atoms with Crippen molar-refractivity contribution < 1.29 is 14.6 Å². The van der Waals surface area contributed by atoms with Crippen LogP contribution in [-0.2, 0) is 4.74 Å². The standard InChI is InChI=1S/C13H20N4O3/c1-9-5-12(14)15-6-11(9)16-3-4-17(13(18)19)10(7-16)8-20-2/h5-6,10H,3-4,7-8H2,1-2H3,(H2,14,15)(H,18,19)/t10-/m1/s1. The molecule has 1 amide bonds. The smallest absolute Gasteiger partial charge is 0.407 e. The Labute approximate surface area is 117 Å². The van der Waals surface area contributed by atoms with Gasteiger partial charge in [-0.25, -0.2) is 9.78 Å². The highest BCUT2D eigenvalue weighted by atomic mass is 16.5. The van der Waals surface area contributed by atoms with E-state index in [1.807, 2.05) is 13.0 Å². The lowest BCUT2D eigenvalue weighted by Gasteiger charge is -2.41. The predicted molar refractivity (Wildman–Crippen MR) is 76.0 cm³/mol. The van der Waals surface area contributed by atoms with Crippen LogP contribution in [0.5, 0.6) is 0 Å². The minimum Gasteiger partial charge on any atom is -0.465 e. The molecule has 3 N–H and O–H groups in total. The molecule has 2 heterocycles. The van der Waals surface area contributed by atoms with Gasteiger partial charge < -0.3 is 20.5 Å². The number of rotatable bonds is 3. The van der Waals surface area contributed by atoms with Crippen molar-refractivity contribution in [2.75, 3.05) is 44.0 Å². The molecule has 0 unspecified atom stereocenters. The van der Waals surface area contributed by atoms with Crippen molar-refractivity contribution in [1.29, 1.82) is 0 Å². The van der Waals surface area contributed by atoms with Crippen LogP contribution >= 0.6 is 0 Å². The molecule has 7 heteroatoms. The van der Waals surface area contributed by atoms with Crippen LogP contribution in [0.2, 0.25) is 0 Å². The Hall–Kier alpha value is -2.02. The first kappa shape index (κ1) is 14.4. The number of hydrogen-bond donors (Lipinski definition) is 2. The van der Waals surface area contributed by atoms with Crippen LogP contribution in [0, 0.1) is 6.92 Å². The van der Waals surface area contributed by atoms with Crippen molar-refractivity contribution >= 4 is 17.6 Å². The lowest BCUT2D eigenvalue weighted by Crippen LogP contribution is -2.56. The number of carboxylic acid groups (broad SMARTS) is 1. The summed E-state index contributed by atoms with van der Waals surface area (Å²) in [7, 11) is 1.58. The van der Waals surface area contributed by atoms with E-state index >= 15 is 0 Å². The van der Waals surface area contributed by atoms with Crippen LogP contribution in [0.15, 0.2) is 12.3 Å². The van der Waals surface area contributed by atoms with Gasteiger partial charge in [0.15, 0.2) is 0 Å². The quantitative estimate of drug-likeness (QED) is 0.850. The van der Waals surface area contributed by atoms with E-state index < -0.39 is 6.09 Å². The molecule has 0 bridgehead atoms. The maximum absolute atomic E-state index is 11.2. The summed E-state index contributed by atoms with van der Waals surface area (Å²) in [5.74, 6) is 0.490. The fraction of sp³-hybridized carbons (Fsp3) is 0.538. The number of nitrogens with zero attached hydrogens (tertiary/aromatic N) is 3. The fourth-order valence-corrected chi connectivity index (χ4v) is 2.56. The molecule has 0 radical (unpaired) electrons. The average Bonchev–Trinajstić information content (AvgIpc) is 2.38. The zero-order valence-electron chi connectivity index (χ0n) is 11.7. The van der Waals surface area contributed by atoms with E-state index in [1.54, 1.807) is 13.3 Å². The van der Waals surface area contributed by atoms with Gasteiger partial charge in [-0.05, 0) is 18.6 Å². The maximum Gasteiger partial charge on any atom is 0.407 e. The van der Waals surface area contributed by atoms with Crippen molar-refractivity contribution in [2.24, 2.45) is 0 Å². The summed E-state index contributed by atoms with van der Waals surface area (Å²) in [6, 6.07) is 1.65. The summed E-state index contributed by atoms with van der Waals surface area (Å²) in [6.45, 7) is 4.03. The van der Waals surface area contributed by atoms with E-state index in [0.29, 0.717) is 32.1 Å². The second kappa shape index (κ2) is 5.96. The predicted octanol–water partition coefficient (Wildman–Crippen LogP) is 0.787. The molecule has 0 aromatic carbocycles. The van der Waals surface area contributed by atoms with Crippen LogP contribution in [0.25, 0.3) is 0 Å². The molecular formula is C13H20N4O3. The molecule has 1 aromatic heterocycles. The second-order valence-electron chi connectivity index (χ2n) is 4.93. The van der Waals surface area contributed by atoms with Gasteiger partial charge in [0, 0.05) is 26.7 Å². The number of amides is 1. The van der Waals surface area contributed by atoms with Gasteiger partial charge in [0.05, 0.1) is 24.5 Å². The van der Waals surface area contributed by atoms with Crippen molar-refractivity contribution in [3.8, 4) is 0 Å². The number of hydrogen-bond acceptors (Lipinski definition) is 5. The third-order valence-electron chi connectivity index (χ3n) is 3.53. The molecule has 0 aliphatic carbocycles. The Kier molecular flexibility index (Phi) is 4.29. The van der Waals surface area contributed by atoms with Gasteiger partial charge >= 0.3 is 6.09 Å². The van der Waals surface area contributed by atoms with Gasteiger partial charge in [-0.3, -0.25) is 4.90 Å². The van der Waals surface area contributed by atoms with Gasteiger partial charge in [0.2, 0.25) is 0 Å². The first-order valence-electron chi connectivity index (χ1n) is 6.48. The number of nitrogens with two attached hydrogens (primary N) is 1. The highest BCUT2D eigenvalue weighted by Gasteiger charge is 2.30. The zero-order valence-corrected chi connectivity index (χ0v) is 11.7. The molecule has 20 heavy (non-hydrogen) atoms. The number of carbonyl (C=O) groups is 1. The lowest BCUT2D eigenvalue weighted by atomic mass is 10.1. The second-order valence-corrected chi connectivity index (χ2v) is 4.93.